The molecule has 0 spiro atoms. The van der Waals surface area contributed by atoms with Crippen LogP contribution in [0.4, 0.5) is 0 Å². The van der Waals surface area contributed by atoms with Crippen LogP contribution in [0.15, 0.2) is 36.4 Å². The molecule has 3 aliphatic heterocycles. The van der Waals surface area contributed by atoms with Crippen LogP contribution in [0.2, 0.25) is 0 Å². The number of hydrogen-bond donors (Lipinski definition) is 2. The van der Waals surface area contributed by atoms with E-state index < -0.39 is 6.10 Å². The van der Waals surface area contributed by atoms with Gasteiger partial charge in [0.2, 0.25) is 11.8 Å². The van der Waals surface area contributed by atoms with Crippen LogP contribution in [0.5, 0.6) is 11.5 Å². The normalized spacial score (nSPS) is 21.6. The fourth-order valence-corrected chi connectivity index (χ4v) is 7.66. The number of benzene rings is 2. The molecule has 0 saturated carbocycles. The van der Waals surface area contributed by atoms with Gasteiger partial charge in [0, 0.05) is 49.2 Å². The van der Waals surface area contributed by atoms with Crippen molar-refractivity contribution in [2.75, 3.05) is 60.0 Å². The monoisotopic (exact) mass is 616 g/mol. The lowest BCUT2D eigenvalue weighted by atomic mass is 9.87. The maximum absolute atomic E-state index is 13.3. The van der Waals surface area contributed by atoms with Crippen LogP contribution in [-0.2, 0) is 9.59 Å². The van der Waals surface area contributed by atoms with Gasteiger partial charge in [-0.1, -0.05) is 19.9 Å². The number of aromatic amines is 1. The molecular formula is C36H48N4O5. The predicted octanol–water partition coefficient (Wildman–Crippen LogP) is 4.99. The van der Waals surface area contributed by atoms with Crippen molar-refractivity contribution in [3.8, 4) is 22.8 Å². The van der Waals surface area contributed by atoms with E-state index in [1.807, 2.05) is 17.0 Å². The summed E-state index contributed by atoms with van der Waals surface area (Å²) in [6.45, 7) is 8.93. The molecule has 3 saturated heterocycles. The van der Waals surface area contributed by atoms with E-state index in [2.05, 4.69) is 48.0 Å². The van der Waals surface area contributed by atoms with Crippen molar-refractivity contribution in [2.24, 2.45) is 5.92 Å². The smallest absolute Gasteiger partial charge is 0.236 e. The summed E-state index contributed by atoms with van der Waals surface area (Å²) in [4.78, 5) is 36.0. The third-order valence-electron chi connectivity index (χ3n) is 10.1. The largest absolute Gasteiger partial charge is 0.493 e. The molecule has 2 aromatic carbocycles. The number of H-pyrrole nitrogens is 1. The molecule has 6 rings (SSSR count). The van der Waals surface area contributed by atoms with Gasteiger partial charge in [0.05, 0.1) is 38.5 Å². The van der Waals surface area contributed by atoms with Crippen LogP contribution in [0, 0.1) is 5.92 Å². The van der Waals surface area contributed by atoms with Crippen molar-refractivity contribution in [1.29, 1.82) is 0 Å². The Kier molecular flexibility index (Phi) is 9.38. The second-order valence-corrected chi connectivity index (χ2v) is 13.4. The highest BCUT2D eigenvalue weighted by molar-refractivity contribution is 5.92. The minimum absolute atomic E-state index is 0.0751. The van der Waals surface area contributed by atoms with E-state index in [0.29, 0.717) is 55.9 Å². The molecule has 0 aliphatic carbocycles. The fourth-order valence-electron chi connectivity index (χ4n) is 7.66. The van der Waals surface area contributed by atoms with Crippen LogP contribution in [-0.4, -0.2) is 103 Å². The van der Waals surface area contributed by atoms with Crippen LogP contribution in [0.1, 0.15) is 68.9 Å². The first-order valence-corrected chi connectivity index (χ1v) is 16.6. The number of methoxy groups -OCH3 is 2. The van der Waals surface area contributed by atoms with Gasteiger partial charge in [0.1, 0.15) is 0 Å². The van der Waals surface area contributed by atoms with Gasteiger partial charge in [-0.15, -0.1) is 0 Å². The SMILES string of the molecule is COc1ccc(-c2[nH]c3ccc(C4CCN(C(=O)CN5CCC[C@H](C(=O)N6CC[C@H](O)C6)C5)CC4)cc3c2C(C)C)cc1OC. The molecule has 3 fully saturated rings. The van der Waals surface area contributed by atoms with Gasteiger partial charge in [-0.2, -0.15) is 0 Å². The summed E-state index contributed by atoms with van der Waals surface area (Å²) in [7, 11) is 3.31. The third-order valence-corrected chi connectivity index (χ3v) is 10.1. The van der Waals surface area contributed by atoms with E-state index in [1.165, 1.54) is 16.5 Å². The number of aliphatic hydroxyl groups is 1. The molecule has 0 unspecified atom stereocenters. The highest BCUT2D eigenvalue weighted by atomic mass is 16.5. The molecule has 2 atom stereocenters. The minimum atomic E-state index is -0.401. The van der Waals surface area contributed by atoms with E-state index in [0.717, 1.165) is 62.1 Å². The Balaban J connectivity index is 1.10. The number of rotatable bonds is 8. The van der Waals surface area contributed by atoms with E-state index in [1.54, 1.807) is 19.1 Å². The molecule has 2 N–H and O–H groups in total. The van der Waals surface area contributed by atoms with Crippen molar-refractivity contribution >= 4 is 22.7 Å². The zero-order valence-electron chi connectivity index (χ0n) is 27.2. The van der Waals surface area contributed by atoms with E-state index in [-0.39, 0.29) is 17.7 Å². The van der Waals surface area contributed by atoms with Crippen molar-refractivity contribution in [3.63, 3.8) is 0 Å². The summed E-state index contributed by atoms with van der Waals surface area (Å²) in [5.74, 6) is 2.38. The van der Waals surface area contributed by atoms with Crippen molar-refractivity contribution in [3.05, 3.63) is 47.5 Å². The Morgan fingerprint density at radius 1 is 0.911 bits per heavy atom. The first-order chi connectivity index (χ1) is 21.7. The molecule has 9 nitrogen and oxygen atoms in total. The van der Waals surface area contributed by atoms with Crippen LogP contribution in [0.25, 0.3) is 22.2 Å². The van der Waals surface area contributed by atoms with Gasteiger partial charge < -0.3 is 29.4 Å². The molecule has 1 aromatic heterocycles. The Hall–Kier alpha value is -3.56. The molecule has 45 heavy (non-hydrogen) atoms. The van der Waals surface area contributed by atoms with Gasteiger partial charge in [0.15, 0.2) is 11.5 Å². The van der Waals surface area contributed by atoms with Crippen LogP contribution < -0.4 is 9.47 Å². The summed E-state index contributed by atoms with van der Waals surface area (Å²) in [5, 5.41) is 11.1. The lowest BCUT2D eigenvalue weighted by molar-refractivity contribution is -0.139. The fraction of sp³-hybridized carbons (Fsp3) is 0.556. The first-order valence-electron chi connectivity index (χ1n) is 16.6. The summed E-state index contributed by atoms with van der Waals surface area (Å²) < 4.78 is 11.0. The van der Waals surface area contributed by atoms with Crippen LogP contribution in [0.3, 0.4) is 0 Å². The number of amides is 2. The third kappa shape index (κ3) is 6.56. The molecule has 3 aliphatic rings. The molecule has 0 bridgehead atoms. The Labute approximate surface area is 266 Å². The number of aromatic nitrogens is 1. The van der Waals surface area contributed by atoms with E-state index in [9.17, 15) is 14.7 Å². The number of hydrogen-bond acceptors (Lipinski definition) is 6. The highest BCUT2D eigenvalue weighted by Gasteiger charge is 2.34. The maximum Gasteiger partial charge on any atom is 0.236 e. The number of piperidine rings is 2. The number of nitrogens with zero attached hydrogens (tertiary/aromatic N) is 3. The summed E-state index contributed by atoms with van der Waals surface area (Å²) in [5.41, 5.74) is 5.93. The molecule has 242 valence electrons. The minimum Gasteiger partial charge on any atom is -0.493 e. The van der Waals surface area contributed by atoms with Gasteiger partial charge in [-0.25, -0.2) is 0 Å². The number of fused-ring (bicyclic) bond motifs is 1. The number of β-amino-alcohol motifs (C(OH)–C–C–N with tert-alkyl or cyclic N) is 1. The number of carbonyl (C=O) groups is 2. The molecule has 9 heteroatoms. The molecular weight excluding hydrogens is 568 g/mol. The molecule has 3 aromatic rings. The van der Waals surface area contributed by atoms with Gasteiger partial charge in [-0.05, 0) is 91.9 Å². The lowest BCUT2D eigenvalue weighted by Gasteiger charge is -2.36. The predicted molar refractivity (Wildman–Crippen MR) is 176 cm³/mol. The standard InChI is InChI=1S/C36H48N4O5/c1-23(2)34-29-18-25(7-9-30(29)37-35(34)26-8-10-31(44-3)32(19-26)45-4)24-11-15-39(16-12-24)33(42)22-38-14-5-6-27(20-38)36(43)40-17-13-28(41)21-40/h7-10,18-19,23-24,27-28,37,41H,5-6,11-17,20-22H2,1-4H3/t27-,28-/m0/s1. The second-order valence-electron chi connectivity index (χ2n) is 13.4. The van der Waals surface area contributed by atoms with Gasteiger partial charge in [-0.3, -0.25) is 14.5 Å². The first kappa shape index (κ1) is 31.4. The lowest BCUT2D eigenvalue weighted by Crippen LogP contribution is -2.49. The Morgan fingerprint density at radius 3 is 2.36 bits per heavy atom. The Morgan fingerprint density at radius 2 is 1.67 bits per heavy atom. The molecule has 4 heterocycles. The van der Waals surface area contributed by atoms with Crippen molar-refractivity contribution in [1.82, 2.24) is 19.7 Å². The van der Waals surface area contributed by atoms with Crippen LogP contribution >= 0.6 is 0 Å². The zero-order chi connectivity index (χ0) is 31.7. The molecule has 2 amide bonds. The van der Waals surface area contributed by atoms with Gasteiger partial charge >= 0.3 is 0 Å². The highest BCUT2D eigenvalue weighted by Crippen LogP contribution is 2.40. The maximum atomic E-state index is 13.3. The van der Waals surface area contributed by atoms with Gasteiger partial charge in [0.25, 0.3) is 0 Å². The summed E-state index contributed by atoms with van der Waals surface area (Å²) in [6, 6.07) is 12.9. The number of likely N-dealkylation sites (tertiary alicyclic amines) is 3. The summed E-state index contributed by atoms with van der Waals surface area (Å²) >= 11 is 0. The quantitative estimate of drug-likeness (QED) is 0.370. The average Bonchev–Trinajstić information content (AvgIpc) is 3.67. The number of aliphatic hydroxyl groups excluding tert-OH is 1. The van der Waals surface area contributed by atoms with Crippen molar-refractivity contribution < 1.29 is 24.2 Å². The average molecular weight is 617 g/mol. The number of nitrogens with one attached hydrogen (secondary N) is 1. The topological polar surface area (TPSA) is 98.3 Å². The number of carbonyl (C=O) groups excluding carboxylic acids is 2. The Bertz CT molecular complexity index is 1530. The zero-order valence-corrected chi connectivity index (χ0v) is 27.2. The van der Waals surface area contributed by atoms with E-state index >= 15 is 0 Å². The summed E-state index contributed by atoms with van der Waals surface area (Å²) in [6.07, 6.45) is 3.94. The van der Waals surface area contributed by atoms with E-state index in [4.69, 9.17) is 9.47 Å². The molecule has 0 radical (unpaired) electrons. The number of ether oxygens (including phenoxy) is 2. The van der Waals surface area contributed by atoms with Crippen molar-refractivity contribution in [2.45, 2.75) is 63.9 Å². The second kappa shape index (κ2) is 13.4.